The van der Waals surface area contributed by atoms with Crippen LogP contribution in [0.15, 0.2) is 59.5 Å². The Morgan fingerprint density at radius 2 is 1.74 bits per heavy atom. The largest absolute Gasteiger partial charge is 0.493 e. The first-order valence-electron chi connectivity index (χ1n) is 9.05. The average molecular weight is 381 g/mol. The van der Waals surface area contributed by atoms with Gasteiger partial charge < -0.3 is 4.74 Å². The van der Waals surface area contributed by atoms with E-state index in [0.717, 1.165) is 28.6 Å². The zero-order valence-electron chi connectivity index (χ0n) is 15.6. The van der Waals surface area contributed by atoms with Crippen LogP contribution in [0.25, 0.3) is 6.08 Å². The van der Waals surface area contributed by atoms with Gasteiger partial charge in [-0.1, -0.05) is 56.3 Å². The van der Waals surface area contributed by atoms with E-state index in [0.29, 0.717) is 30.4 Å². The highest BCUT2D eigenvalue weighted by Gasteiger charge is 2.34. The molecule has 0 N–H and O–H groups in total. The Bertz CT molecular complexity index is 828. The molecule has 1 aliphatic heterocycles. The summed E-state index contributed by atoms with van der Waals surface area (Å²) in [5.41, 5.74) is 1.98. The zero-order valence-corrected chi connectivity index (χ0v) is 16.4. The number of imide groups is 1. The maximum Gasteiger partial charge on any atom is 0.293 e. The Morgan fingerprint density at radius 1 is 1.04 bits per heavy atom. The summed E-state index contributed by atoms with van der Waals surface area (Å²) in [5, 5.41) is -0.209. The van der Waals surface area contributed by atoms with Crippen LogP contribution in [0.1, 0.15) is 25.0 Å². The van der Waals surface area contributed by atoms with Gasteiger partial charge in [-0.15, -0.1) is 0 Å². The van der Waals surface area contributed by atoms with Crippen molar-refractivity contribution in [3.63, 3.8) is 0 Å². The Labute approximate surface area is 164 Å². The van der Waals surface area contributed by atoms with Crippen molar-refractivity contribution >= 4 is 29.0 Å². The summed E-state index contributed by atoms with van der Waals surface area (Å²) in [6.07, 6.45) is 2.42. The van der Waals surface area contributed by atoms with Crippen LogP contribution >= 0.6 is 11.8 Å². The fourth-order valence-corrected chi connectivity index (χ4v) is 3.52. The highest BCUT2D eigenvalue weighted by Crippen LogP contribution is 2.32. The van der Waals surface area contributed by atoms with Crippen molar-refractivity contribution in [1.82, 2.24) is 4.90 Å². The smallest absolute Gasteiger partial charge is 0.293 e. The molecule has 0 aromatic heterocycles. The Balaban J connectivity index is 1.63. The average Bonchev–Trinajstić information content (AvgIpc) is 2.93. The maximum absolute atomic E-state index is 12.6. The van der Waals surface area contributed by atoms with E-state index in [1.165, 1.54) is 4.90 Å². The number of benzene rings is 2. The number of carbonyl (C=O) groups excluding carboxylic acids is 2. The molecule has 2 aromatic rings. The number of amides is 2. The van der Waals surface area contributed by atoms with Gasteiger partial charge in [-0.25, -0.2) is 0 Å². The topological polar surface area (TPSA) is 46.6 Å². The Kier molecular flexibility index (Phi) is 6.35. The second-order valence-electron chi connectivity index (χ2n) is 6.84. The predicted molar refractivity (Wildman–Crippen MR) is 110 cm³/mol. The van der Waals surface area contributed by atoms with E-state index in [1.807, 2.05) is 54.6 Å². The lowest BCUT2D eigenvalue weighted by atomic mass is 10.1. The fourth-order valence-electron chi connectivity index (χ4n) is 2.65. The molecule has 1 aliphatic rings. The first-order valence-corrected chi connectivity index (χ1v) is 9.87. The van der Waals surface area contributed by atoms with Crippen molar-refractivity contribution in [1.29, 1.82) is 0 Å². The number of ether oxygens (including phenoxy) is 1. The molecule has 0 atom stereocenters. The van der Waals surface area contributed by atoms with Crippen LogP contribution in [0.3, 0.4) is 0 Å². The molecule has 0 unspecified atom stereocenters. The third kappa shape index (κ3) is 5.23. The van der Waals surface area contributed by atoms with Crippen LogP contribution in [-0.2, 0) is 11.2 Å². The molecule has 0 spiro atoms. The lowest BCUT2D eigenvalue weighted by Crippen LogP contribution is -2.30. The molecular formula is C22H23NO3S. The fraction of sp³-hybridized carbons (Fsp3) is 0.273. The number of thioether (sulfide) groups is 1. The number of nitrogens with zero attached hydrogens (tertiary/aromatic N) is 1. The molecule has 1 saturated heterocycles. The van der Waals surface area contributed by atoms with Crippen molar-refractivity contribution in [3.05, 3.63) is 70.6 Å². The monoisotopic (exact) mass is 381 g/mol. The second kappa shape index (κ2) is 8.91. The molecule has 0 radical (unpaired) electrons. The number of rotatable bonds is 7. The van der Waals surface area contributed by atoms with Gasteiger partial charge in [0.05, 0.1) is 11.5 Å². The van der Waals surface area contributed by atoms with E-state index < -0.39 is 0 Å². The van der Waals surface area contributed by atoms with E-state index in [1.54, 1.807) is 6.08 Å². The van der Waals surface area contributed by atoms with Crippen LogP contribution in [0.4, 0.5) is 4.79 Å². The van der Waals surface area contributed by atoms with E-state index in [-0.39, 0.29) is 11.1 Å². The third-order valence-corrected chi connectivity index (χ3v) is 5.01. The number of carbonyl (C=O) groups is 2. The second-order valence-corrected chi connectivity index (χ2v) is 7.84. The SMILES string of the molecule is CC(C)COc1ccc(/C=C2\SC(=O)N(CCc3ccccc3)C2=O)cc1. The number of hydrogen-bond acceptors (Lipinski definition) is 4. The summed E-state index contributed by atoms with van der Waals surface area (Å²) in [6.45, 7) is 5.26. The quantitative estimate of drug-likeness (QED) is 0.633. The molecule has 1 heterocycles. The van der Waals surface area contributed by atoms with Gasteiger partial charge in [-0.3, -0.25) is 14.5 Å². The highest BCUT2D eigenvalue weighted by atomic mass is 32.2. The van der Waals surface area contributed by atoms with Gasteiger partial charge in [-0.05, 0) is 53.4 Å². The molecule has 2 aromatic carbocycles. The van der Waals surface area contributed by atoms with Crippen molar-refractivity contribution in [2.24, 2.45) is 5.92 Å². The summed E-state index contributed by atoms with van der Waals surface area (Å²) in [6, 6.07) is 17.4. The molecular weight excluding hydrogens is 358 g/mol. The first-order chi connectivity index (χ1) is 13.0. The van der Waals surface area contributed by atoms with E-state index in [9.17, 15) is 9.59 Å². The summed E-state index contributed by atoms with van der Waals surface area (Å²) >= 11 is 0.997. The minimum Gasteiger partial charge on any atom is -0.493 e. The summed E-state index contributed by atoms with van der Waals surface area (Å²) < 4.78 is 5.67. The van der Waals surface area contributed by atoms with Gasteiger partial charge in [0.1, 0.15) is 5.75 Å². The van der Waals surface area contributed by atoms with Crippen molar-refractivity contribution in [2.75, 3.05) is 13.2 Å². The van der Waals surface area contributed by atoms with E-state index in [2.05, 4.69) is 13.8 Å². The summed E-state index contributed by atoms with van der Waals surface area (Å²) in [4.78, 5) is 26.6. The van der Waals surface area contributed by atoms with E-state index in [4.69, 9.17) is 4.74 Å². The van der Waals surface area contributed by atoms with Crippen LogP contribution in [-0.4, -0.2) is 29.2 Å². The molecule has 140 valence electrons. The lowest BCUT2D eigenvalue weighted by molar-refractivity contribution is -0.122. The van der Waals surface area contributed by atoms with Crippen LogP contribution in [0.2, 0.25) is 0 Å². The van der Waals surface area contributed by atoms with Gasteiger partial charge >= 0.3 is 0 Å². The Morgan fingerprint density at radius 3 is 2.41 bits per heavy atom. The van der Waals surface area contributed by atoms with Crippen molar-refractivity contribution in [2.45, 2.75) is 20.3 Å². The van der Waals surface area contributed by atoms with Crippen LogP contribution < -0.4 is 4.74 Å². The summed E-state index contributed by atoms with van der Waals surface area (Å²) in [7, 11) is 0. The maximum atomic E-state index is 12.6. The molecule has 0 aliphatic carbocycles. The van der Waals surface area contributed by atoms with Gasteiger partial charge in [0.2, 0.25) is 0 Å². The Hall–Kier alpha value is -2.53. The van der Waals surface area contributed by atoms with Crippen LogP contribution in [0, 0.1) is 5.92 Å². The zero-order chi connectivity index (χ0) is 19.2. The number of hydrogen-bond donors (Lipinski definition) is 0. The minimum absolute atomic E-state index is 0.209. The normalized spacial score (nSPS) is 15.8. The standard InChI is InChI=1S/C22H23NO3S/c1-16(2)15-26-19-10-8-18(9-11-19)14-20-21(24)23(22(25)27-20)13-12-17-6-4-3-5-7-17/h3-11,14,16H,12-13,15H2,1-2H3/b20-14-. The van der Waals surface area contributed by atoms with E-state index >= 15 is 0 Å². The predicted octanol–water partition coefficient (Wildman–Crippen LogP) is 5.00. The molecule has 1 fully saturated rings. The molecule has 3 rings (SSSR count). The van der Waals surface area contributed by atoms with Gasteiger partial charge in [0.15, 0.2) is 0 Å². The van der Waals surface area contributed by atoms with Gasteiger partial charge in [0.25, 0.3) is 11.1 Å². The molecule has 0 bridgehead atoms. The van der Waals surface area contributed by atoms with Crippen molar-refractivity contribution < 1.29 is 14.3 Å². The van der Waals surface area contributed by atoms with Gasteiger partial charge in [0, 0.05) is 6.54 Å². The first kappa shape index (κ1) is 19.2. The molecule has 2 amide bonds. The molecule has 27 heavy (non-hydrogen) atoms. The third-order valence-electron chi connectivity index (χ3n) is 4.10. The van der Waals surface area contributed by atoms with Crippen LogP contribution in [0.5, 0.6) is 5.75 Å². The van der Waals surface area contributed by atoms with Crippen molar-refractivity contribution in [3.8, 4) is 5.75 Å². The molecule has 5 heteroatoms. The summed E-state index contributed by atoms with van der Waals surface area (Å²) in [5.74, 6) is 1.05. The minimum atomic E-state index is -0.221. The lowest BCUT2D eigenvalue weighted by Gasteiger charge is -2.12. The van der Waals surface area contributed by atoms with Gasteiger partial charge in [-0.2, -0.15) is 0 Å². The highest BCUT2D eigenvalue weighted by molar-refractivity contribution is 8.18. The molecule has 4 nitrogen and oxygen atoms in total. The molecule has 0 saturated carbocycles.